The van der Waals surface area contributed by atoms with Crippen molar-refractivity contribution in [3.8, 4) is 0 Å². The zero-order chi connectivity index (χ0) is 20.6. The summed E-state index contributed by atoms with van der Waals surface area (Å²) in [6.45, 7) is 13.3. The van der Waals surface area contributed by atoms with Crippen LogP contribution in [0.25, 0.3) is 0 Å². The van der Waals surface area contributed by atoms with Crippen molar-refractivity contribution in [2.45, 2.75) is 64.5 Å². The summed E-state index contributed by atoms with van der Waals surface area (Å²) in [6, 6.07) is 2.23. The van der Waals surface area contributed by atoms with E-state index in [-0.39, 0.29) is 6.61 Å². The first-order valence-electron chi connectivity index (χ1n) is 10.0. The number of aliphatic hydroxyl groups is 1. The fraction of sp³-hybridized carbons (Fsp3) is 1.00. The highest BCUT2D eigenvalue weighted by Gasteiger charge is 2.37. The van der Waals surface area contributed by atoms with Crippen molar-refractivity contribution in [3.05, 3.63) is 0 Å². The van der Waals surface area contributed by atoms with E-state index in [0.29, 0.717) is 36.9 Å². The minimum absolute atomic E-state index is 0.0571. The molecular formula is C15H42O7Si5. The molecule has 164 valence electrons. The summed E-state index contributed by atoms with van der Waals surface area (Å²) < 4.78 is 35.0. The lowest BCUT2D eigenvalue weighted by Gasteiger charge is -2.35. The monoisotopic (exact) mass is 474 g/mol. The smallest absolute Gasteiger partial charge is 0.436 e. The second-order valence-electron chi connectivity index (χ2n) is 7.53. The molecule has 0 spiro atoms. The van der Waals surface area contributed by atoms with E-state index in [4.69, 9.17) is 31.0 Å². The summed E-state index contributed by atoms with van der Waals surface area (Å²) in [6.07, 6.45) is 3.42. The first kappa shape index (κ1) is 27.8. The Bertz CT molecular complexity index is 351. The maximum absolute atomic E-state index is 8.60. The lowest BCUT2D eigenvalue weighted by atomic mass is 10.4. The van der Waals surface area contributed by atoms with Gasteiger partial charge in [0.2, 0.25) is 0 Å². The maximum Gasteiger partial charge on any atom is 0.453 e. The predicted octanol–water partition coefficient (Wildman–Crippen LogP) is 0.675. The zero-order valence-electron chi connectivity index (χ0n) is 18.3. The molecule has 1 atom stereocenters. The van der Waals surface area contributed by atoms with Crippen LogP contribution in [-0.2, 0) is 25.9 Å². The molecule has 0 saturated carbocycles. The number of rotatable bonds is 19. The average molecular weight is 475 g/mol. The number of ether oxygens (including phenoxy) is 2. The standard InChI is InChI=1S/C15H42O7Si5/c1-6-7-15-26(2,3)22-27(4,5)21-25(19-23)20-24-14-8-10-17-12-13-18-11-9-16/h16,25H,6-15,24H2,1-5,23H3. The van der Waals surface area contributed by atoms with Crippen LogP contribution in [0.1, 0.15) is 26.2 Å². The van der Waals surface area contributed by atoms with Gasteiger partial charge in [0.05, 0.1) is 26.4 Å². The van der Waals surface area contributed by atoms with E-state index in [1.807, 2.05) is 0 Å². The van der Waals surface area contributed by atoms with Gasteiger partial charge in [-0.25, -0.2) is 0 Å². The van der Waals surface area contributed by atoms with Gasteiger partial charge in [0.1, 0.15) is 10.5 Å². The van der Waals surface area contributed by atoms with Crippen molar-refractivity contribution in [2.75, 3.05) is 33.0 Å². The molecule has 1 unspecified atom stereocenters. The van der Waals surface area contributed by atoms with Gasteiger partial charge in [-0.2, -0.15) is 0 Å². The second-order valence-corrected chi connectivity index (χ2v) is 21.0. The molecule has 0 saturated heterocycles. The van der Waals surface area contributed by atoms with Crippen LogP contribution in [0.5, 0.6) is 0 Å². The van der Waals surface area contributed by atoms with Gasteiger partial charge in [-0.05, 0) is 44.7 Å². The highest BCUT2D eigenvalue weighted by Crippen LogP contribution is 2.22. The van der Waals surface area contributed by atoms with E-state index < -0.39 is 36.2 Å². The molecule has 0 rings (SSSR count). The zero-order valence-corrected chi connectivity index (χ0v) is 24.8. The van der Waals surface area contributed by atoms with Gasteiger partial charge in [-0.1, -0.05) is 19.8 Å². The molecule has 0 aromatic heterocycles. The van der Waals surface area contributed by atoms with Crippen molar-refractivity contribution in [1.29, 1.82) is 0 Å². The van der Waals surface area contributed by atoms with E-state index in [2.05, 4.69) is 33.1 Å². The van der Waals surface area contributed by atoms with Gasteiger partial charge in [-0.15, -0.1) is 0 Å². The molecule has 0 aliphatic rings. The Balaban J connectivity index is 3.92. The molecule has 7 nitrogen and oxygen atoms in total. The topological polar surface area (TPSA) is 75.6 Å². The minimum Gasteiger partial charge on any atom is -0.436 e. The first-order chi connectivity index (χ1) is 12.8. The molecule has 0 amide bonds. The summed E-state index contributed by atoms with van der Waals surface area (Å²) >= 11 is 0. The molecule has 1 N–H and O–H groups in total. The normalized spacial score (nSPS) is 14.4. The molecule has 0 radical (unpaired) electrons. The van der Waals surface area contributed by atoms with Crippen molar-refractivity contribution < 1.29 is 31.0 Å². The Labute approximate surface area is 175 Å². The van der Waals surface area contributed by atoms with Crippen LogP contribution in [0.2, 0.25) is 38.3 Å². The minimum atomic E-state index is -2.21. The van der Waals surface area contributed by atoms with Crippen molar-refractivity contribution in [3.63, 3.8) is 0 Å². The van der Waals surface area contributed by atoms with E-state index >= 15 is 0 Å². The molecule has 0 aromatic carbocycles. The Morgan fingerprint density at radius 1 is 1.00 bits per heavy atom. The van der Waals surface area contributed by atoms with Crippen molar-refractivity contribution >= 4 is 46.7 Å². The Morgan fingerprint density at radius 3 is 2.26 bits per heavy atom. The predicted molar refractivity (Wildman–Crippen MR) is 123 cm³/mol. The highest BCUT2D eigenvalue weighted by molar-refractivity contribution is 6.84. The summed E-state index contributed by atoms with van der Waals surface area (Å²) in [5.41, 5.74) is 0. The van der Waals surface area contributed by atoms with E-state index in [0.717, 1.165) is 12.5 Å². The molecule has 12 heteroatoms. The molecular weight excluding hydrogens is 433 g/mol. The lowest BCUT2D eigenvalue weighted by Crippen LogP contribution is -2.50. The third-order valence-electron chi connectivity index (χ3n) is 3.77. The molecule has 0 aliphatic carbocycles. The largest absolute Gasteiger partial charge is 0.453 e. The highest BCUT2D eigenvalue weighted by atomic mass is 28.5. The van der Waals surface area contributed by atoms with Gasteiger partial charge in [0.25, 0.3) is 0 Å². The van der Waals surface area contributed by atoms with Crippen molar-refractivity contribution in [2.24, 2.45) is 0 Å². The fourth-order valence-corrected chi connectivity index (χ4v) is 17.8. The summed E-state index contributed by atoms with van der Waals surface area (Å²) in [5.74, 6) is 0. The van der Waals surface area contributed by atoms with Gasteiger partial charge in [0.15, 0.2) is 18.1 Å². The van der Waals surface area contributed by atoms with Crippen LogP contribution in [0.4, 0.5) is 0 Å². The van der Waals surface area contributed by atoms with Gasteiger partial charge < -0.3 is 31.0 Å². The van der Waals surface area contributed by atoms with Gasteiger partial charge >= 0.3 is 18.1 Å². The summed E-state index contributed by atoms with van der Waals surface area (Å²) in [7, 11) is -5.93. The van der Waals surface area contributed by atoms with Gasteiger partial charge in [0, 0.05) is 6.61 Å². The molecule has 0 heterocycles. The maximum atomic E-state index is 8.60. The van der Waals surface area contributed by atoms with E-state index in [1.54, 1.807) is 0 Å². The van der Waals surface area contributed by atoms with Crippen LogP contribution in [0.15, 0.2) is 0 Å². The SMILES string of the molecule is CCCC[Si](C)(C)O[Si](C)(C)O[SiH](O[SiH3])O[SiH2]CCCOCCOCCO. The molecule has 0 aliphatic heterocycles. The number of hydrogen-bond acceptors (Lipinski definition) is 7. The van der Waals surface area contributed by atoms with Gasteiger partial charge in [-0.3, -0.25) is 0 Å². The number of unbranched alkanes of at least 4 members (excludes halogenated alkanes) is 1. The third-order valence-corrected chi connectivity index (χ3v) is 16.9. The van der Waals surface area contributed by atoms with Crippen molar-refractivity contribution in [1.82, 2.24) is 0 Å². The van der Waals surface area contributed by atoms with Crippen LogP contribution >= 0.6 is 0 Å². The average Bonchev–Trinajstić information content (AvgIpc) is 2.59. The Hall–Kier alpha value is 0.804. The Kier molecular flexibility index (Phi) is 17.1. The quantitative estimate of drug-likeness (QED) is 0.218. The fourth-order valence-electron chi connectivity index (χ4n) is 2.60. The Morgan fingerprint density at radius 2 is 1.67 bits per heavy atom. The number of aliphatic hydroxyl groups excluding tert-OH is 1. The summed E-state index contributed by atoms with van der Waals surface area (Å²) in [5, 5.41) is 8.60. The van der Waals surface area contributed by atoms with Crippen LogP contribution in [0, 0.1) is 0 Å². The molecule has 27 heavy (non-hydrogen) atoms. The van der Waals surface area contributed by atoms with Crippen LogP contribution in [-0.4, -0.2) is 84.8 Å². The molecule has 0 bridgehead atoms. The second kappa shape index (κ2) is 16.6. The lowest BCUT2D eigenvalue weighted by molar-refractivity contribution is 0.0333. The van der Waals surface area contributed by atoms with Crippen LogP contribution < -0.4 is 0 Å². The molecule has 0 aromatic rings. The third kappa shape index (κ3) is 17.4. The number of hydrogen-bond donors (Lipinski definition) is 1. The van der Waals surface area contributed by atoms with E-state index in [9.17, 15) is 0 Å². The summed E-state index contributed by atoms with van der Waals surface area (Å²) in [4.78, 5) is 0. The first-order valence-corrected chi connectivity index (χ1v) is 19.8. The van der Waals surface area contributed by atoms with E-state index in [1.165, 1.54) is 18.9 Å². The molecule has 0 fully saturated rings. The van der Waals surface area contributed by atoms with Crippen LogP contribution in [0.3, 0.4) is 0 Å².